The van der Waals surface area contributed by atoms with Crippen molar-refractivity contribution in [3.63, 3.8) is 0 Å². The highest BCUT2D eigenvalue weighted by Gasteiger charge is 2.28. The summed E-state index contributed by atoms with van der Waals surface area (Å²) in [7, 11) is 0. The Labute approximate surface area is 256 Å². The standard InChI is InChI=1S/C35H61N2O5/c1-4-6-7-8-9-10-11-12-13-14-15-16-17-18-19-20-25-40-28-33-26-34(41-29-33)30-42-35(39)37(31(3)38)27-32-21-23-36(5-2)24-22-32/h21-24,33-34H,4-20,25-30H2,1-3H3/q+1/t33-,34-/m0/s1. The maximum absolute atomic E-state index is 12.6. The number of rotatable bonds is 24. The predicted octanol–water partition coefficient (Wildman–Crippen LogP) is 8.16. The van der Waals surface area contributed by atoms with Gasteiger partial charge in [-0.25, -0.2) is 14.3 Å². The van der Waals surface area contributed by atoms with Gasteiger partial charge < -0.3 is 14.2 Å². The summed E-state index contributed by atoms with van der Waals surface area (Å²) in [6, 6.07) is 3.83. The molecule has 2 amide bonds. The molecule has 2 heterocycles. The molecule has 240 valence electrons. The third-order valence-corrected chi connectivity index (χ3v) is 8.32. The van der Waals surface area contributed by atoms with E-state index in [1.54, 1.807) is 0 Å². The Balaban J connectivity index is 1.41. The lowest BCUT2D eigenvalue weighted by Gasteiger charge is -2.20. The van der Waals surface area contributed by atoms with Gasteiger partial charge in [-0.3, -0.25) is 4.79 Å². The molecular formula is C35H61N2O5+. The van der Waals surface area contributed by atoms with Crippen LogP contribution in [0.3, 0.4) is 0 Å². The van der Waals surface area contributed by atoms with E-state index in [9.17, 15) is 9.59 Å². The second-order valence-electron chi connectivity index (χ2n) is 12.2. The van der Waals surface area contributed by atoms with Crippen LogP contribution in [0.25, 0.3) is 0 Å². The number of nitrogens with zero attached hydrogens (tertiary/aromatic N) is 2. The molecule has 0 aliphatic carbocycles. The summed E-state index contributed by atoms with van der Waals surface area (Å²) in [4.78, 5) is 25.8. The third kappa shape index (κ3) is 16.6. The second kappa shape index (κ2) is 23.5. The first kappa shape index (κ1) is 36.2. The Morgan fingerprint density at radius 1 is 0.833 bits per heavy atom. The van der Waals surface area contributed by atoms with E-state index in [1.807, 2.05) is 29.1 Å². The molecule has 1 saturated heterocycles. The predicted molar refractivity (Wildman–Crippen MR) is 168 cm³/mol. The van der Waals surface area contributed by atoms with E-state index < -0.39 is 6.09 Å². The maximum Gasteiger partial charge on any atom is 0.416 e. The molecule has 1 aromatic rings. The van der Waals surface area contributed by atoms with Crippen molar-refractivity contribution in [3.05, 3.63) is 30.1 Å². The molecule has 7 heteroatoms. The van der Waals surface area contributed by atoms with Gasteiger partial charge >= 0.3 is 6.09 Å². The molecule has 1 aliphatic rings. The lowest BCUT2D eigenvalue weighted by molar-refractivity contribution is -0.693. The summed E-state index contributed by atoms with van der Waals surface area (Å²) in [6.07, 6.45) is 25.9. The highest BCUT2D eigenvalue weighted by Crippen LogP contribution is 2.21. The van der Waals surface area contributed by atoms with E-state index in [4.69, 9.17) is 14.2 Å². The van der Waals surface area contributed by atoms with Crippen molar-refractivity contribution in [2.24, 2.45) is 5.92 Å². The smallest absolute Gasteiger partial charge is 0.416 e. The number of unbranched alkanes of at least 4 members (excludes halogenated alkanes) is 15. The lowest BCUT2D eigenvalue weighted by Crippen LogP contribution is -2.37. The fraction of sp³-hybridized carbons (Fsp3) is 0.800. The first-order valence-electron chi connectivity index (χ1n) is 17.2. The van der Waals surface area contributed by atoms with Gasteiger partial charge in [0.2, 0.25) is 5.91 Å². The zero-order valence-corrected chi connectivity index (χ0v) is 27.2. The van der Waals surface area contributed by atoms with Crippen LogP contribution in [0.15, 0.2) is 24.5 Å². The van der Waals surface area contributed by atoms with Crippen LogP contribution in [0.1, 0.15) is 135 Å². The quantitative estimate of drug-likeness (QED) is 0.0899. The van der Waals surface area contributed by atoms with Gasteiger partial charge in [0.05, 0.1) is 25.9 Å². The van der Waals surface area contributed by atoms with Crippen LogP contribution in [0.2, 0.25) is 0 Å². The van der Waals surface area contributed by atoms with E-state index >= 15 is 0 Å². The third-order valence-electron chi connectivity index (χ3n) is 8.32. The van der Waals surface area contributed by atoms with Crippen LogP contribution in [-0.2, 0) is 32.1 Å². The van der Waals surface area contributed by atoms with Crippen molar-refractivity contribution in [1.82, 2.24) is 4.90 Å². The van der Waals surface area contributed by atoms with Crippen LogP contribution in [0.4, 0.5) is 4.79 Å². The molecule has 42 heavy (non-hydrogen) atoms. The van der Waals surface area contributed by atoms with Crippen molar-refractivity contribution in [3.8, 4) is 0 Å². The van der Waals surface area contributed by atoms with Crippen LogP contribution in [0, 0.1) is 5.92 Å². The van der Waals surface area contributed by atoms with Crippen molar-refractivity contribution in [1.29, 1.82) is 0 Å². The first-order chi connectivity index (χ1) is 20.5. The minimum absolute atomic E-state index is 0.146. The number of aryl methyl sites for hydroxylation is 1. The average Bonchev–Trinajstić information content (AvgIpc) is 3.46. The van der Waals surface area contributed by atoms with Gasteiger partial charge in [0.25, 0.3) is 0 Å². The molecule has 1 aromatic heterocycles. The number of hydrogen-bond acceptors (Lipinski definition) is 5. The second-order valence-corrected chi connectivity index (χ2v) is 12.2. The molecule has 0 aromatic carbocycles. The Morgan fingerprint density at radius 2 is 1.38 bits per heavy atom. The highest BCUT2D eigenvalue weighted by molar-refractivity contribution is 5.90. The molecule has 2 atom stereocenters. The Hall–Kier alpha value is -1.99. The van der Waals surface area contributed by atoms with Gasteiger partial charge in [0.15, 0.2) is 12.4 Å². The summed E-state index contributed by atoms with van der Waals surface area (Å²) in [5.41, 5.74) is 0.880. The molecular weight excluding hydrogens is 528 g/mol. The molecule has 0 N–H and O–H groups in total. The van der Waals surface area contributed by atoms with Crippen LogP contribution < -0.4 is 4.57 Å². The van der Waals surface area contributed by atoms with Crippen molar-refractivity contribution >= 4 is 12.0 Å². The van der Waals surface area contributed by atoms with Crippen molar-refractivity contribution in [2.45, 2.75) is 149 Å². The van der Waals surface area contributed by atoms with E-state index in [0.717, 1.165) is 36.5 Å². The fourth-order valence-electron chi connectivity index (χ4n) is 5.55. The zero-order valence-electron chi connectivity index (χ0n) is 27.2. The first-order valence-corrected chi connectivity index (χ1v) is 17.2. The van der Waals surface area contributed by atoms with E-state index in [2.05, 4.69) is 13.8 Å². The summed E-state index contributed by atoms with van der Waals surface area (Å²) in [5.74, 6) is -0.00632. The topological polar surface area (TPSA) is 69.0 Å². The molecule has 7 nitrogen and oxygen atoms in total. The van der Waals surface area contributed by atoms with E-state index in [0.29, 0.717) is 19.1 Å². The van der Waals surface area contributed by atoms with Gasteiger partial charge in [-0.05, 0) is 25.3 Å². The van der Waals surface area contributed by atoms with Crippen molar-refractivity contribution in [2.75, 3.05) is 26.4 Å². The number of carbonyl (C=O) groups excluding carboxylic acids is 2. The van der Waals surface area contributed by atoms with E-state index in [-0.39, 0.29) is 25.2 Å². The van der Waals surface area contributed by atoms with Gasteiger partial charge in [0.1, 0.15) is 13.2 Å². The largest absolute Gasteiger partial charge is 0.446 e. The number of amides is 2. The molecule has 0 radical (unpaired) electrons. The Bertz CT molecular complexity index is 831. The number of ether oxygens (including phenoxy) is 3. The zero-order chi connectivity index (χ0) is 30.3. The lowest BCUT2D eigenvalue weighted by atomic mass is 10.0. The average molecular weight is 590 g/mol. The van der Waals surface area contributed by atoms with Gasteiger partial charge in [-0.1, -0.05) is 103 Å². The molecule has 1 aliphatic heterocycles. The minimum atomic E-state index is -0.624. The maximum atomic E-state index is 12.6. The van der Waals surface area contributed by atoms with Crippen LogP contribution in [0.5, 0.6) is 0 Å². The van der Waals surface area contributed by atoms with Gasteiger partial charge in [-0.15, -0.1) is 0 Å². The summed E-state index contributed by atoms with van der Waals surface area (Å²) in [5, 5.41) is 0. The SMILES string of the molecule is CCCCCCCCCCCCCCCCCCOC[C@H]1CO[C@H](COC(=O)N(Cc2cc[n+](CC)cc2)C(C)=O)C1. The summed E-state index contributed by atoms with van der Waals surface area (Å²) >= 11 is 0. The van der Waals surface area contributed by atoms with Crippen LogP contribution >= 0.6 is 0 Å². The molecule has 0 unspecified atom stereocenters. The number of carbonyl (C=O) groups is 2. The van der Waals surface area contributed by atoms with Crippen LogP contribution in [-0.4, -0.2) is 49.4 Å². The normalized spacial score (nSPS) is 16.5. The number of aromatic nitrogens is 1. The number of pyridine rings is 1. The molecule has 0 saturated carbocycles. The number of hydrogen-bond donors (Lipinski definition) is 0. The molecule has 0 spiro atoms. The molecule has 1 fully saturated rings. The summed E-state index contributed by atoms with van der Waals surface area (Å²) in [6.45, 7) is 9.06. The van der Waals surface area contributed by atoms with Gasteiger partial charge in [0, 0.05) is 31.6 Å². The molecule has 2 rings (SSSR count). The molecule has 0 bridgehead atoms. The van der Waals surface area contributed by atoms with Gasteiger partial charge in [-0.2, -0.15) is 0 Å². The van der Waals surface area contributed by atoms with Crippen molar-refractivity contribution < 1.29 is 28.4 Å². The Kier molecular flexibility index (Phi) is 20.2. The number of imide groups is 1. The highest BCUT2D eigenvalue weighted by atomic mass is 16.6. The summed E-state index contributed by atoms with van der Waals surface area (Å²) < 4.78 is 19.2. The fourth-order valence-corrected chi connectivity index (χ4v) is 5.55. The monoisotopic (exact) mass is 589 g/mol. The van der Waals surface area contributed by atoms with E-state index in [1.165, 1.54) is 103 Å². The Morgan fingerprint density at radius 3 is 1.90 bits per heavy atom. The minimum Gasteiger partial charge on any atom is -0.446 e.